The van der Waals surface area contributed by atoms with E-state index < -0.39 is 7.75 Å². The van der Waals surface area contributed by atoms with Crippen LogP contribution in [0, 0.1) is 5.92 Å². The molecule has 0 fully saturated rings. The average Bonchev–Trinajstić information content (AvgIpc) is 2.41. The maximum absolute atomic E-state index is 11.0. The number of allylic oxidation sites excluding steroid dienone is 3. The van der Waals surface area contributed by atoms with Crippen molar-refractivity contribution in [3.8, 4) is 5.75 Å². The second-order valence-electron chi connectivity index (χ2n) is 5.13. The van der Waals surface area contributed by atoms with E-state index in [0.29, 0.717) is 6.42 Å². The summed E-state index contributed by atoms with van der Waals surface area (Å²) in [5.74, 6) is -0.0849. The summed E-state index contributed by atoms with van der Waals surface area (Å²) < 4.78 is 14.4. The van der Waals surface area contributed by atoms with Gasteiger partial charge < -0.3 is 20.0 Å². The smallest absolute Gasteiger partial charge is 0.448 e. The Labute approximate surface area is 128 Å². The lowest BCUT2D eigenvalue weighted by Crippen LogP contribution is -2.14. The summed E-state index contributed by atoms with van der Waals surface area (Å²) in [6.07, 6.45) is 6.70. The Morgan fingerprint density at radius 1 is 1.14 bits per heavy atom. The van der Waals surface area contributed by atoms with E-state index in [1.54, 1.807) is 18.2 Å². The predicted octanol–water partition coefficient (Wildman–Crippen LogP) is 2.88. The summed E-state index contributed by atoms with van der Waals surface area (Å²) in [6.45, 7) is 0. The van der Waals surface area contributed by atoms with E-state index in [4.69, 9.17) is 9.79 Å². The molecule has 1 aliphatic carbocycles. The van der Waals surface area contributed by atoms with Crippen LogP contribution in [0.15, 0.2) is 53.0 Å². The Kier molecular flexibility index (Phi) is 5.19. The lowest BCUT2D eigenvalue weighted by Gasteiger charge is -2.17. The minimum atomic E-state index is -4.52. The lowest BCUT2D eigenvalue weighted by molar-refractivity contribution is 0.375. The third-order valence-electron chi connectivity index (χ3n) is 3.34. The Morgan fingerprint density at radius 3 is 2.45 bits per heavy atom. The first-order valence-corrected chi connectivity index (χ1v) is 8.42. The van der Waals surface area contributed by atoms with E-state index in [0.717, 1.165) is 18.4 Å². The molecular formula is C15H18NO5P. The van der Waals surface area contributed by atoms with E-state index in [1.807, 2.05) is 12.1 Å². The number of hydrogen-bond acceptors (Lipinski definition) is 3. The summed E-state index contributed by atoms with van der Waals surface area (Å²) >= 11 is 0. The van der Waals surface area contributed by atoms with Crippen molar-refractivity contribution < 1.29 is 24.6 Å². The maximum atomic E-state index is 11.0. The van der Waals surface area contributed by atoms with Gasteiger partial charge in [-0.3, -0.25) is 0 Å². The van der Waals surface area contributed by atoms with E-state index >= 15 is 0 Å². The average molecular weight is 323 g/mol. The van der Waals surface area contributed by atoms with Gasteiger partial charge in [0.1, 0.15) is 11.5 Å². The largest absolute Gasteiger partial charge is 0.508 e. The predicted molar refractivity (Wildman–Crippen MR) is 83.9 cm³/mol. The second-order valence-corrected chi connectivity index (χ2v) is 6.36. The van der Waals surface area contributed by atoms with Crippen molar-refractivity contribution in [1.29, 1.82) is 0 Å². The lowest BCUT2D eigenvalue weighted by atomic mass is 9.91. The van der Waals surface area contributed by atoms with Crippen molar-refractivity contribution in [2.24, 2.45) is 10.7 Å². The minimum absolute atomic E-state index is 0.0676. The molecule has 1 unspecified atom stereocenters. The highest BCUT2D eigenvalue weighted by Gasteiger charge is 2.20. The number of hydrogen-bond donors (Lipinski definition) is 4. The molecule has 1 aromatic carbocycles. The molecule has 0 aliphatic heterocycles. The number of phenolic OH excluding ortho intramolecular Hbond substituents is 1. The van der Waals surface area contributed by atoms with Gasteiger partial charge in [0, 0.05) is 12.0 Å². The zero-order valence-corrected chi connectivity index (χ0v) is 12.7. The first kappa shape index (κ1) is 16.5. The number of nitrogens with zero attached hydrogens (tertiary/aromatic N) is 1. The van der Waals surface area contributed by atoms with Gasteiger partial charge in [-0.2, -0.15) is 4.76 Å². The second kappa shape index (κ2) is 6.92. The fourth-order valence-electron chi connectivity index (χ4n) is 2.31. The Bertz CT molecular complexity index is 657. The minimum Gasteiger partial charge on any atom is -0.508 e. The number of benzene rings is 1. The summed E-state index contributed by atoms with van der Waals surface area (Å²) in [7, 11) is -4.52. The number of rotatable bonds is 5. The topological polar surface area (TPSA) is 110 Å². The SMILES string of the molecule is O=P(O)(O)/N=C1\C=C(O)C=CC1CCCc1ccc(O)cc1. The van der Waals surface area contributed by atoms with Gasteiger partial charge in [-0.05, 0) is 43.0 Å². The Balaban J connectivity index is 1.98. The van der Waals surface area contributed by atoms with Gasteiger partial charge in [-0.25, -0.2) is 4.57 Å². The first-order valence-electron chi connectivity index (χ1n) is 6.86. The fourth-order valence-corrected chi connectivity index (χ4v) is 2.81. The Hall–Kier alpha value is -1.88. The van der Waals surface area contributed by atoms with Gasteiger partial charge in [-0.1, -0.05) is 18.2 Å². The standard InChI is InChI=1S/C15H18NO5P/c17-13-7-4-11(5-8-13)2-1-3-12-6-9-14(18)10-15(12)16-22(19,20)21/h4-10,12,17-18H,1-3H2,(H2,19,20,21)/b16-15+. The van der Waals surface area contributed by atoms with Gasteiger partial charge in [0.25, 0.3) is 0 Å². The van der Waals surface area contributed by atoms with Gasteiger partial charge in [0.15, 0.2) is 0 Å². The third-order valence-corrected chi connectivity index (χ3v) is 3.83. The van der Waals surface area contributed by atoms with E-state index in [2.05, 4.69) is 4.76 Å². The van der Waals surface area contributed by atoms with Crippen LogP contribution in [0.4, 0.5) is 0 Å². The number of aliphatic hydroxyl groups is 1. The molecule has 0 saturated carbocycles. The molecule has 0 spiro atoms. The quantitative estimate of drug-likeness (QED) is 0.623. The molecule has 1 atom stereocenters. The summed E-state index contributed by atoms with van der Waals surface area (Å²) in [4.78, 5) is 17.9. The molecule has 0 heterocycles. The molecule has 1 aliphatic rings. The van der Waals surface area contributed by atoms with Crippen molar-refractivity contribution in [3.05, 3.63) is 53.8 Å². The molecule has 0 amide bonds. The molecule has 0 saturated heterocycles. The van der Waals surface area contributed by atoms with Crippen LogP contribution in [0.25, 0.3) is 0 Å². The molecule has 118 valence electrons. The third kappa shape index (κ3) is 5.15. The summed E-state index contributed by atoms with van der Waals surface area (Å²) in [5, 5.41) is 18.7. The molecule has 2 rings (SSSR count). The highest BCUT2D eigenvalue weighted by molar-refractivity contribution is 7.50. The maximum Gasteiger partial charge on any atom is 0.448 e. The van der Waals surface area contributed by atoms with Crippen molar-refractivity contribution >= 4 is 13.5 Å². The number of aliphatic hydroxyl groups excluding tert-OH is 1. The molecule has 7 heteroatoms. The van der Waals surface area contributed by atoms with E-state index in [-0.39, 0.29) is 23.1 Å². The number of aryl methyl sites for hydroxylation is 1. The molecule has 0 radical (unpaired) electrons. The van der Waals surface area contributed by atoms with Crippen molar-refractivity contribution in [2.45, 2.75) is 19.3 Å². The fraction of sp³-hybridized carbons (Fsp3) is 0.267. The highest BCUT2D eigenvalue weighted by Crippen LogP contribution is 2.38. The van der Waals surface area contributed by atoms with Gasteiger partial charge >= 0.3 is 7.75 Å². The molecule has 6 nitrogen and oxygen atoms in total. The van der Waals surface area contributed by atoms with E-state index in [9.17, 15) is 14.8 Å². The monoisotopic (exact) mass is 323 g/mol. The Morgan fingerprint density at radius 2 is 1.82 bits per heavy atom. The van der Waals surface area contributed by atoms with Crippen LogP contribution in [0.1, 0.15) is 18.4 Å². The van der Waals surface area contributed by atoms with Crippen molar-refractivity contribution in [1.82, 2.24) is 0 Å². The van der Waals surface area contributed by atoms with Crippen LogP contribution < -0.4 is 0 Å². The number of phenols is 1. The van der Waals surface area contributed by atoms with Gasteiger partial charge in [-0.15, -0.1) is 0 Å². The molecule has 0 aromatic heterocycles. The summed E-state index contributed by atoms with van der Waals surface area (Å²) in [6, 6.07) is 6.92. The van der Waals surface area contributed by atoms with Crippen molar-refractivity contribution in [3.63, 3.8) is 0 Å². The zero-order chi connectivity index (χ0) is 16.2. The van der Waals surface area contributed by atoms with Crippen LogP contribution >= 0.6 is 7.75 Å². The van der Waals surface area contributed by atoms with Crippen LogP contribution in [-0.2, 0) is 11.0 Å². The van der Waals surface area contributed by atoms with Crippen LogP contribution in [0.3, 0.4) is 0 Å². The number of aromatic hydroxyl groups is 1. The molecule has 1 aromatic rings. The molecular weight excluding hydrogens is 305 g/mol. The van der Waals surface area contributed by atoms with Crippen LogP contribution in [-0.4, -0.2) is 25.7 Å². The van der Waals surface area contributed by atoms with E-state index in [1.165, 1.54) is 12.2 Å². The van der Waals surface area contributed by atoms with Crippen molar-refractivity contribution in [2.75, 3.05) is 0 Å². The molecule has 22 heavy (non-hydrogen) atoms. The van der Waals surface area contributed by atoms with Crippen LogP contribution in [0.5, 0.6) is 5.75 Å². The van der Waals surface area contributed by atoms with Crippen LogP contribution in [0.2, 0.25) is 0 Å². The molecule has 4 N–H and O–H groups in total. The zero-order valence-electron chi connectivity index (χ0n) is 11.8. The highest BCUT2D eigenvalue weighted by atomic mass is 31.2. The van der Waals surface area contributed by atoms with Gasteiger partial charge in [0.05, 0.1) is 5.71 Å². The summed E-state index contributed by atoms with van der Waals surface area (Å²) in [5.41, 5.74) is 1.27. The first-order chi connectivity index (χ1) is 10.3. The van der Waals surface area contributed by atoms with Gasteiger partial charge in [0.2, 0.25) is 0 Å². The normalized spacial score (nSPS) is 20.2. The molecule has 0 bridgehead atoms.